The zero-order chi connectivity index (χ0) is 20.0. The summed E-state index contributed by atoms with van der Waals surface area (Å²) in [7, 11) is 3.23. The molecule has 3 N–H and O–H groups in total. The number of fused-ring (bicyclic) bond motifs is 4. The Morgan fingerprint density at radius 2 is 1.83 bits per heavy atom. The van der Waals surface area contributed by atoms with Crippen LogP contribution < -0.4 is 14.8 Å². The third-order valence-corrected chi connectivity index (χ3v) is 5.82. The van der Waals surface area contributed by atoms with Gasteiger partial charge >= 0.3 is 0 Å². The third kappa shape index (κ3) is 2.83. The van der Waals surface area contributed by atoms with Gasteiger partial charge in [-0.05, 0) is 49.1 Å². The molecule has 2 aromatic heterocycles. The van der Waals surface area contributed by atoms with Gasteiger partial charge in [0.15, 0.2) is 0 Å². The average Bonchev–Trinajstić information content (AvgIpc) is 3.36. The van der Waals surface area contributed by atoms with Crippen LogP contribution in [-0.4, -0.2) is 30.1 Å². The smallest absolute Gasteiger partial charge is 0.268 e. The first kappa shape index (κ1) is 17.7. The molecule has 0 spiro atoms. The second kappa shape index (κ2) is 6.88. The van der Waals surface area contributed by atoms with Gasteiger partial charge in [-0.15, -0.1) is 0 Å². The molecule has 29 heavy (non-hydrogen) atoms. The summed E-state index contributed by atoms with van der Waals surface area (Å²) in [4.78, 5) is 19.8. The number of para-hydroxylation sites is 1. The summed E-state index contributed by atoms with van der Waals surface area (Å²) in [6.45, 7) is 0. The minimum absolute atomic E-state index is 0.0335. The normalized spacial score (nSPS) is 16.0. The lowest BCUT2D eigenvalue weighted by molar-refractivity contribution is 0.0927. The van der Waals surface area contributed by atoms with Gasteiger partial charge in [-0.25, -0.2) is 0 Å². The Bertz CT molecular complexity index is 1180. The van der Waals surface area contributed by atoms with Crippen molar-refractivity contribution >= 4 is 27.7 Å². The van der Waals surface area contributed by atoms with E-state index >= 15 is 0 Å². The van der Waals surface area contributed by atoms with Crippen LogP contribution in [0.4, 0.5) is 0 Å². The number of aryl methyl sites for hydroxylation is 1. The fraction of sp³-hybridized carbons (Fsp3) is 0.261. The lowest BCUT2D eigenvalue weighted by atomic mass is 9.91. The van der Waals surface area contributed by atoms with Crippen molar-refractivity contribution in [3.05, 3.63) is 59.4 Å². The molecule has 2 heterocycles. The molecule has 0 fully saturated rings. The maximum Gasteiger partial charge on any atom is 0.268 e. The maximum absolute atomic E-state index is 13.1. The molecule has 6 nitrogen and oxygen atoms in total. The van der Waals surface area contributed by atoms with E-state index in [2.05, 4.69) is 33.5 Å². The largest absolute Gasteiger partial charge is 0.496 e. The van der Waals surface area contributed by atoms with E-state index in [1.807, 2.05) is 24.3 Å². The topological polar surface area (TPSA) is 79.1 Å². The number of carbonyl (C=O) groups is 1. The van der Waals surface area contributed by atoms with Gasteiger partial charge in [0.25, 0.3) is 5.91 Å². The lowest BCUT2D eigenvalue weighted by Crippen LogP contribution is -2.31. The van der Waals surface area contributed by atoms with Crippen molar-refractivity contribution in [1.29, 1.82) is 0 Å². The summed E-state index contributed by atoms with van der Waals surface area (Å²) in [6.07, 6.45) is 3.00. The number of aromatic amines is 2. The first-order valence-corrected chi connectivity index (χ1v) is 9.83. The summed E-state index contributed by atoms with van der Waals surface area (Å²) in [5.74, 6) is 1.24. The maximum atomic E-state index is 13.1. The molecule has 6 heteroatoms. The van der Waals surface area contributed by atoms with Gasteiger partial charge in [0, 0.05) is 22.0 Å². The van der Waals surface area contributed by atoms with Crippen molar-refractivity contribution in [2.75, 3.05) is 14.2 Å². The van der Waals surface area contributed by atoms with Crippen LogP contribution in [0.25, 0.3) is 21.8 Å². The number of nitrogens with one attached hydrogen (secondary N) is 3. The number of methoxy groups -OCH3 is 2. The number of aromatic nitrogens is 2. The molecule has 0 bridgehead atoms. The molecule has 4 aromatic rings. The van der Waals surface area contributed by atoms with Gasteiger partial charge in [0.05, 0.1) is 25.8 Å². The standard InChI is InChI=1S/C23H23N3O3/c1-28-19-10-11-20(29-2)22-15(19)12-18(25-22)23(27)26-17-9-5-7-14-13-6-3-4-8-16(13)24-21(14)17/h3-4,6,8,10-12,17,24-25H,5,7,9H2,1-2H3,(H,26,27). The quantitative estimate of drug-likeness (QED) is 0.482. The molecule has 1 aliphatic rings. The highest BCUT2D eigenvalue weighted by Gasteiger charge is 2.26. The fourth-order valence-electron chi connectivity index (χ4n) is 4.43. The number of rotatable bonds is 4. The van der Waals surface area contributed by atoms with Gasteiger partial charge in [0.1, 0.15) is 17.2 Å². The zero-order valence-electron chi connectivity index (χ0n) is 16.5. The van der Waals surface area contributed by atoms with Gasteiger partial charge in [-0.3, -0.25) is 4.79 Å². The van der Waals surface area contributed by atoms with E-state index < -0.39 is 0 Å². The van der Waals surface area contributed by atoms with Crippen molar-refractivity contribution in [2.45, 2.75) is 25.3 Å². The van der Waals surface area contributed by atoms with E-state index in [1.165, 1.54) is 10.9 Å². The first-order valence-electron chi connectivity index (χ1n) is 9.83. The summed E-state index contributed by atoms with van der Waals surface area (Å²) in [5, 5.41) is 5.28. The molecule has 148 valence electrons. The molecule has 0 saturated carbocycles. The monoisotopic (exact) mass is 389 g/mol. The minimum Gasteiger partial charge on any atom is -0.496 e. The third-order valence-electron chi connectivity index (χ3n) is 5.82. The highest BCUT2D eigenvalue weighted by molar-refractivity contribution is 6.01. The fourth-order valence-corrected chi connectivity index (χ4v) is 4.43. The van der Waals surface area contributed by atoms with Gasteiger partial charge < -0.3 is 24.8 Å². The van der Waals surface area contributed by atoms with Crippen LogP contribution in [0.15, 0.2) is 42.5 Å². The van der Waals surface area contributed by atoms with Crippen LogP contribution in [0.2, 0.25) is 0 Å². The van der Waals surface area contributed by atoms with Crippen LogP contribution >= 0.6 is 0 Å². The predicted octanol–water partition coefficient (Wildman–Crippen LogP) is 4.47. The van der Waals surface area contributed by atoms with Crippen LogP contribution in [0.5, 0.6) is 11.5 Å². The Labute approximate surface area is 168 Å². The van der Waals surface area contributed by atoms with E-state index in [0.29, 0.717) is 17.2 Å². The molecular weight excluding hydrogens is 366 g/mol. The summed E-state index contributed by atoms with van der Waals surface area (Å²) in [6, 6.07) is 13.8. The van der Waals surface area contributed by atoms with E-state index in [-0.39, 0.29) is 11.9 Å². The molecule has 1 unspecified atom stereocenters. The lowest BCUT2D eigenvalue weighted by Gasteiger charge is -2.23. The number of carbonyl (C=O) groups excluding carboxylic acids is 1. The minimum atomic E-state index is -0.137. The highest BCUT2D eigenvalue weighted by atomic mass is 16.5. The van der Waals surface area contributed by atoms with Crippen molar-refractivity contribution in [3.8, 4) is 11.5 Å². The Hall–Kier alpha value is -3.41. The molecule has 0 saturated heterocycles. The number of H-pyrrole nitrogens is 2. The average molecular weight is 389 g/mol. The summed E-state index contributed by atoms with van der Waals surface area (Å²) < 4.78 is 10.9. The van der Waals surface area contributed by atoms with Gasteiger partial charge in [-0.1, -0.05) is 18.2 Å². The Morgan fingerprint density at radius 1 is 1.03 bits per heavy atom. The van der Waals surface area contributed by atoms with Crippen molar-refractivity contribution in [1.82, 2.24) is 15.3 Å². The van der Waals surface area contributed by atoms with Gasteiger partial charge in [0.2, 0.25) is 0 Å². The van der Waals surface area contributed by atoms with Crippen molar-refractivity contribution in [2.24, 2.45) is 0 Å². The van der Waals surface area contributed by atoms with Gasteiger partial charge in [-0.2, -0.15) is 0 Å². The van der Waals surface area contributed by atoms with E-state index in [9.17, 15) is 4.79 Å². The molecule has 0 radical (unpaired) electrons. The number of hydrogen-bond donors (Lipinski definition) is 3. The zero-order valence-corrected chi connectivity index (χ0v) is 16.5. The first-order chi connectivity index (χ1) is 14.2. The predicted molar refractivity (Wildman–Crippen MR) is 113 cm³/mol. The van der Waals surface area contributed by atoms with Crippen molar-refractivity contribution < 1.29 is 14.3 Å². The van der Waals surface area contributed by atoms with E-state index in [0.717, 1.165) is 41.4 Å². The number of amides is 1. The van der Waals surface area contributed by atoms with E-state index in [1.54, 1.807) is 14.2 Å². The second-order valence-electron chi connectivity index (χ2n) is 7.42. The van der Waals surface area contributed by atoms with Crippen molar-refractivity contribution in [3.63, 3.8) is 0 Å². The molecule has 1 aliphatic carbocycles. The summed E-state index contributed by atoms with van der Waals surface area (Å²) in [5.41, 5.74) is 4.81. The Morgan fingerprint density at radius 3 is 2.66 bits per heavy atom. The van der Waals surface area contributed by atoms with Crippen LogP contribution in [0, 0.1) is 0 Å². The molecule has 1 amide bonds. The van der Waals surface area contributed by atoms with E-state index in [4.69, 9.17) is 9.47 Å². The highest BCUT2D eigenvalue weighted by Crippen LogP contribution is 2.36. The molecule has 1 atom stereocenters. The molecule has 0 aliphatic heterocycles. The molecule has 5 rings (SSSR count). The molecular formula is C23H23N3O3. The second-order valence-corrected chi connectivity index (χ2v) is 7.42. The van der Waals surface area contributed by atoms with Crippen LogP contribution in [-0.2, 0) is 6.42 Å². The number of benzene rings is 2. The summed E-state index contributed by atoms with van der Waals surface area (Å²) >= 11 is 0. The SMILES string of the molecule is COc1ccc(OC)c2[nH]c(C(=O)NC3CCCc4c3[nH]c3ccccc43)cc12. The van der Waals surface area contributed by atoms with Crippen LogP contribution in [0.3, 0.4) is 0 Å². The molecule has 2 aromatic carbocycles. The van der Waals surface area contributed by atoms with Crippen LogP contribution in [0.1, 0.15) is 40.6 Å². The number of ether oxygens (including phenoxy) is 2. The Balaban J connectivity index is 1.49. The number of hydrogen-bond acceptors (Lipinski definition) is 3. The Kier molecular flexibility index (Phi) is 4.19.